The van der Waals surface area contributed by atoms with E-state index in [0.29, 0.717) is 5.56 Å². The Morgan fingerprint density at radius 1 is 1.61 bits per heavy atom. The Bertz CT molecular complexity index is 419. The first-order chi connectivity index (χ1) is 8.63. The van der Waals surface area contributed by atoms with Gasteiger partial charge in [-0.3, -0.25) is 4.98 Å². The summed E-state index contributed by atoms with van der Waals surface area (Å²) in [5.74, 6) is -1.38. The van der Waals surface area contributed by atoms with Gasteiger partial charge in [-0.1, -0.05) is 18.7 Å². The molecule has 1 aromatic rings. The van der Waals surface area contributed by atoms with E-state index in [4.69, 9.17) is 0 Å². The first-order valence-electron chi connectivity index (χ1n) is 5.27. The Morgan fingerprint density at radius 3 is 2.94 bits per heavy atom. The van der Waals surface area contributed by atoms with Gasteiger partial charge in [-0.15, -0.1) is 0 Å². The zero-order valence-electron chi connectivity index (χ0n) is 9.67. The van der Waals surface area contributed by atoms with E-state index >= 15 is 0 Å². The number of carboxylic acid groups (broad SMARTS) is 1. The maximum absolute atomic E-state index is 11.2. The second kappa shape index (κ2) is 7.05. The highest BCUT2D eigenvalue weighted by Gasteiger charge is 2.14. The van der Waals surface area contributed by atoms with Crippen LogP contribution in [0.25, 0.3) is 0 Å². The maximum Gasteiger partial charge on any atom is 0.407 e. The number of hydrogen-bond donors (Lipinski definition) is 1. The van der Waals surface area contributed by atoms with Gasteiger partial charge in [0, 0.05) is 12.4 Å². The second-order valence-corrected chi connectivity index (χ2v) is 3.47. The van der Waals surface area contributed by atoms with E-state index in [0.717, 1.165) is 0 Å². The summed E-state index contributed by atoms with van der Waals surface area (Å²) in [5, 5.41) is 13.1. The minimum Gasteiger partial charge on any atom is -0.548 e. The summed E-state index contributed by atoms with van der Waals surface area (Å²) in [6.07, 6.45) is 3.73. The molecule has 1 rings (SSSR count). The van der Waals surface area contributed by atoms with Crippen LogP contribution in [-0.2, 0) is 16.0 Å². The zero-order valence-corrected chi connectivity index (χ0v) is 9.67. The molecule has 6 nitrogen and oxygen atoms in total. The lowest BCUT2D eigenvalue weighted by Gasteiger charge is -2.19. The number of aromatic nitrogens is 1. The summed E-state index contributed by atoms with van der Waals surface area (Å²) in [5.41, 5.74) is 0.677. The molecule has 1 heterocycles. The molecule has 0 fully saturated rings. The van der Waals surface area contributed by atoms with Gasteiger partial charge in [-0.05, 0) is 18.1 Å². The van der Waals surface area contributed by atoms with Crippen LogP contribution in [0.1, 0.15) is 5.56 Å². The molecule has 0 spiro atoms. The minimum absolute atomic E-state index is 0.0124. The number of rotatable bonds is 6. The Balaban J connectivity index is 2.58. The zero-order chi connectivity index (χ0) is 13.4. The number of nitrogens with zero attached hydrogens (tertiary/aromatic N) is 1. The molecule has 0 saturated carbocycles. The van der Waals surface area contributed by atoms with Crippen LogP contribution in [0.3, 0.4) is 0 Å². The number of alkyl carbamates (subject to hydrolysis) is 1. The van der Waals surface area contributed by atoms with E-state index in [1.54, 1.807) is 18.3 Å². The lowest BCUT2D eigenvalue weighted by molar-refractivity contribution is -0.308. The van der Waals surface area contributed by atoms with Crippen LogP contribution in [0, 0.1) is 0 Å². The quantitative estimate of drug-likeness (QED) is 0.696. The second-order valence-electron chi connectivity index (χ2n) is 3.47. The van der Waals surface area contributed by atoms with E-state index in [1.807, 2.05) is 0 Å². The molecular formula is C12H13N2O4-. The van der Waals surface area contributed by atoms with Crippen LogP contribution in [-0.4, -0.2) is 29.7 Å². The normalized spacial score (nSPS) is 11.3. The number of hydrogen-bond acceptors (Lipinski definition) is 5. The van der Waals surface area contributed by atoms with Crippen molar-refractivity contribution < 1.29 is 19.4 Å². The third-order valence-corrected chi connectivity index (χ3v) is 2.07. The van der Waals surface area contributed by atoms with Crippen molar-refractivity contribution >= 4 is 12.1 Å². The molecule has 0 aliphatic rings. The van der Waals surface area contributed by atoms with E-state index in [-0.39, 0.29) is 13.0 Å². The van der Waals surface area contributed by atoms with Crippen molar-refractivity contribution in [3.05, 3.63) is 42.7 Å². The highest BCUT2D eigenvalue weighted by molar-refractivity contribution is 5.78. The number of nitrogens with one attached hydrogen (secondary N) is 1. The Kier molecular flexibility index (Phi) is 5.37. The lowest BCUT2D eigenvalue weighted by Crippen LogP contribution is -2.49. The number of carboxylic acids is 1. The van der Waals surface area contributed by atoms with Gasteiger partial charge in [0.15, 0.2) is 0 Å². The largest absolute Gasteiger partial charge is 0.548 e. The molecule has 0 unspecified atom stereocenters. The van der Waals surface area contributed by atoms with E-state index < -0.39 is 18.1 Å². The predicted octanol–water partition coefficient (Wildman–Crippen LogP) is -0.345. The molecule has 1 atom stereocenters. The average molecular weight is 249 g/mol. The van der Waals surface area contributed by atoms with E-state index in [9.17, 15) is 14.7 Å². The number of pyridine rings is 1. The molecule has 0 bridgehead atoms. The summed E-state index contributed by atoms with van der Waals surface area (Å²) in [6.45, 7) is 3.39. The van der Waals surface area contributed by atoms with Gasteiger partial charge in [0.25, 0.3) is 0 Å². The highest BCUT2D eigenvalue weighted by atomic mass is 16.5. The number of amides is 1. The summed E-state index contributed by atoms with van der Waals surface area (Å²) < 4.78 is 4.63. The molecule has 1 N–H and O–H groups in total. The van der Waals surface area contributed by atoms with Gasteiger partial charge in [-0.2, -0.15) is 0 Å². The average Bonchev–Trinajstić information content (AvgIpc) is 2.36. The number of aliphatic carboxylic acids is 1. The first-order valence-corrected chi connectivity index (χ1v) is 5.27. The molecule has 0 aliphatic carbocycles. The van der Waals surface area contributed by atoms with Gasteiger partial charge < -0.3 is 20.0 Å². The van der Waals surface area contributed by atoms with Crippen LogP contribution in [0.5, 0.6) is 0 Å². The topological polar surface area (TPSA) is 91.3 Å². The molecule has 96 valence electrons. The van der Waals surface area contributed by atoms with Crippen molar-refractivity contribution in [2.24, 2.45) is 0 Å². The van der Waals surface area contributed by atoms with Crippen molar-refractivity contribution in [2.75, 3.05) is 6.61 Å². The lowest BCUT2D eigenvalue weighted by atomic mass is 10.1. The number of ether oxygens (including phenoxy) is 1. The molecule has 18 heavy (non-hydrogen) atoms. The predicted molar refractivity (Wildman–Crippen MR) is 61.4 cm³/mol. The standard InChI is InChI=1S/C12H14N2O4/c1-2-6-18-12(17)14-10(11(15)16)7-9-4-3-5-13-8-9/h2-5,8,10H,1,6-7H2,(H,14,17)(H,15,16)/p-1/t10-/m1/s1. The fourth-order valence-corrected chi connectivity index (χ4v) is 1.27. The molecule has 1 amide bonds. The Labute approximate surface area is 104 Å². The summed E-state index contributed by atoms with van der Waals surface area (Å²) in [6, 6.07) is 2.23. The third-order valence-electron chi connectivity index (χ3n) is 2.07. The molecular weight excluding hydrogens is 236 g/mol. The Morgan fingerprint density at radius 2 is 2.39 bits per heavy atom. The summed E-state index contributed by atoms with van der Waals surface area (Å²) in [4.78, 5) is 26.0. The van der Waals surface area contributed by atoms with Crippen molar-refractivity contribution in [3.63, 3.8) is 0 Å². The van der Waals surface area contributed by atoms with Crippen molar-refractivity contribution in [2.45, 2.75) is 12.5 Å². The van der Waals surface area contributed by atoms with E-state index in [1.165, 1.54) is 12.3 Å². The van der Waals surface area contributed by atoms with Gasteiger partial charge in [0.2, 0.25) is 0 Å². The van der Waals surface area contributed by atoms with Crippen molar-refractivity contribution in [1.82, 2.24) is 10.3 Å². The highest BCUT2D eigenvalue weighted by Crippen LogP contribution is 2.01. The smallest absolute Gasteiger partial charge is 0.407 e. The maximum atomic E-state index is 11.2. The monoisotopic (exact) mass is 249 g/mol. The van der Waals surface area contributed by atoms with Crippen molar-refractivity contribution in [3.8, 4) is 0 Å². The van der Waals surface area contributed by atoms with Crippen LogP contribution in [0.15, 0.2) is 37.2 Å². The summed E-state index contributed by atoms with van der Waals surface area (Å²) >= 11 is 0. The third kappa shape index (κ3) is 4.65. The summed E-state index contributed by atoms with van der Waals surface area (Å²) in [7, 11) is 0. The molecule has 1 aromatic heterocycles. The van der Waals surface area contributed by atoms with Crippen LogP contribution < -0.4 is 10.4 Å². The van der Waals surface area contributed by atoms with Gasteiger partial charge >= 0.3 is 6.09 Å². The molecule has 0 aliphatic heterocycles. The van der Waals surface area contributed by atoms with Crippen LogP contribution in [0.2, 0.25) is 0 Å². The number of carbonyl (C=O) groups excluding carboxylic acids is 2. The fourth-order valence-electron chi connectivity index (χ4n) is 1.27. The SMILES string of the molecule is C=CCOC(=O)N[C@H](Cc1cccnc1)C(=O)[O-]. The minimum atomic E-state index is -1.38. The van der Waals surface area contributed by atoms with Crippen LogP contribution in [0.4, 0.5) is 4.79 Å². The fraction of sp³-hybridized carbons (Fsp3) is 0.250. The Hall–Kier alpha value is -2.37. The van der Waals surface area contributed by atoms with Crippen LogP contribution >= 0.6 is 0 Å². The van der Waals surface area contributed by atoms with E-state index in [2.05, 4.69) is 21.6 Å². The number of carbonyl (C=O) groups is 2. The first kappa shape index (κ1) is 13.7. The molecule has 0 aromatic carbocycles. The van der Waals surface area contributed by atoms with Crippen molar-refractivity contribution in [1.29, 1.82) is 0 Å². The molecule has 0 radical (unpaired) electrons. The molecule has 6 heteroatoms. The van der Waals surface area contributed by atoms with Gasteiger partial charge in [0.1, 0.15) is 6.61 Å². The molecule has 0 saturated heterocycles. The van der Waals surface area contributed by atoms with Gasteiger partial charge in [0.05, 0.1) is 12.0 Å². The van der Waals surface area contributed by atoms with Gasteiger partial charge in [-0.25, -0.2) is 4.79 Å².